The van der Waals surface area contributed by atoms with Gasteiger partial charge in [-0.3, -0.25) is 4.79 Å². The summed E-state index contributed by atoms with van der Waals surface area (Å²) in [5, 5.41) is 14.1. The first kappa shape index (κ1) is 20.1. The van der Waals surface area contributed by atoms with Gasteiger partial charge in [-0.05, 0) is 53.9 Å². The van der Waals surface area contributed by atoms with Crippen molar-refractivity contribution in [1.82, 2.24) is 10.2 Å². The Hall–Kier alpha value is -3.61. The molecule has 7 nitrogen and oxygen atoms in total. The molecule has 3 aromatic rings. The number of rotatable bonds is 8. The summed E-state index contributed by atoms with van der Waals surface area (Å²) in [5.41, 5.74) is 3.19. The van der Waals surface area contributed by atoms with Gasteiger partial charge in [-0.2, -0.15) is 0 Å². The van der Waals surface area contributed by atoms with E-state index in [2.05, 4.69) is 27.8 Å². The van der Waals surface area contributed by atoms with Crippen molar-refractivity contribution in [2.45, 2.75) is 19.9 Å². The highest BCUT2D eigenvalue weighted by molar-refractivity contribution is 6.02. The molecule has 1 amide bonds. The van der Waals surface area contributed by atoms with Crippen molar-refractivity contribution < 1.29 is 14.3 Å². The van der Waals surface area contributed by atoms with Crippen LogP contribution in [0.4, 0.5) is 11.5 Å². The van der Waals surface area contributed by atoms with Crippen LogP contribution >= 0.6 is 0 Å². The number of ether oxygens (including phenoxy) is 2. The summed E-state index contributed by atoms with van der Waals surface area (Å²) in [6.45, 7) is 2.62. The molecule has 0 bridgehead atoms. The molecule has 29 heavy (non-hydrogen) atoms. The van der Waals surface area contributed by atoms with Crippen molar-refractivity contribution in [3.8, 4) is 11.5 Å². The second-order valence-electron chi connectivity index (χ2n) is 6.35. The number of methoxy groups -OCH3 is 2. The van der Waals surface area contributed by atoms with Gasteiger partial charge in [-0.1, -0.05) is 25.1 Å². The van der Waals surface area contributed by atoms with E-state index >= 15 is 0 Å². The number of benzene rings is 2. The van der Waals surface area contributed by atoms with E-state index in [0.29, 0.717) is 23.9 Å². The molecule has 0 atom stereocenters. The number of carbonyl (C=O) groups is 1. The average Bonchev–Trinajstić information content (AvgIpc) is 2.78. The number of carbonyl (C=O) groups excluding carboxylic acids is 1. The standard InChI is InChI=1S/C22H24N4O3/c1-4-15-5-8-17(9-6-15)24-22(27)18-10-12-21(26-25-18)23-14-16-7-11-19(28-2)20(13-16)29-3/h5-13H,4,14H2,1-3H3,(H,23,26)(H,24,27). The number of hydrogen-bond donors (Lipinski definition) is 2. The van der Waals surface area contributed by atoms with E-state index in [1.165, 1.54) is 5.56 Å². The highest BCUT2D eigenvalue weighted by atomic mass is 16.5. The van der Waals surface area contributed by atoms with Crippen molar-refractivity contribution in [3.63, 3.8) is 0 Å². The molecule has 2 N–H and O–H groups in total. The molecule has 150 valence electrons. The van der Waals surface area contributed by atoms with Crippen LogP contribution < -0.4 is 20.1 Å². The number of aryl methyl sites for hydroxylation is 1. The molecule has 0 unspecified atom stereocenters. The van der Waals surface area contributed by atoms with Gasteiger partial charge in [0.05, 0.1) is 14.2 Å². The molecule has 0 aliphatic heterocycles. The van der Waals surface area contributed by atoms with E-state index in [-0.39, 0.29) is 11.6 Å². The lowest BCUT2D eigenvalue weighted by Crippen LogP contribution is -2.15. The van der Waals surface area contributed by atoms with Gasteiger partial charge in [-0.25, -0.2) is 0 Å². The van der Waals surface area contributed by atoms with Gasteiger partial charge < -0.3 is 20.1 Å². The summed E-state index contributed by atoms with van der Waals surface area (Å²) in [5.74, 6) is 1.62. The van der Waals surface area contributed by atoms with Gasteiger partial charge in [0, 0.05) is 12.2 Å². The minimum Gasteiger partial charge on any atom is -0.493 e. The van der Waals surface area contributed by atoms with E-state index in [4.69, 9.17) is 9.47 Å². The van der Waals surface area contributed by atoms with Crippen molar-refractivity contribution in [1.29, 1.82) is 0 Å². The largest absolute Gasteiger partial charge is 0.493 e. The first-order valence-corrected chi connectivity index (χ1v) is 9.31. The maximum atomic E-state index is 12.3. The summed E-state index contributed by atoms with van der Waals surface area (Å²) in [6, 6.07) is 16.8. The molecule has 0 aliphatic carbocycles. The van der Waals surface area contributed by atoms with E-state index in [9.17, 15) is 4.79 Å². The Morgan fingerprint density at radius 2 is 1.62 bits per heavy atom. The Balaban J connectivity index is 1.58. The van der Waals surface area contributed by atoms with Gasteiger partial charge >= 0.3 is 0 Å². The predicted molar refractivity (Wildman–Crippen MR) is 113 cm³/mol. The molecule has 0 saturated carbocycles. The molecule has 0 aliphatic rings. The van der Waals surface area contributed by atoms with Crippen LogP contribution in [0, 0.1) is 0 Å². The topological polar surface area (TPSA) is 85.4 Å². The summed E-state index contributed by atoms with van der Waals surface area (Å²) in [7, 11) is 3.20. The van der Waals surface area contributed by atoms with Crippen LogP contribution in [-0.4, -0.2) is 30.3 Å². The Labute approximate surface area is 170 Å². The first-order valence-electron chi connectivity index (χ1n) is 9.31. The number of nitrogens with zero attached hydrogens (tertiary/aromatic N) is 2. The molecule has 2 aromatic carbocycles. The molecule has 0 saturated heterocycles. The lowest BCUT2D eigenvalue weighted by Gasteiger charge is -2.10. The predicted octanol–water partition coefficient (Wildman–Crippen LogP) is 3.92. The summed E-state index contributed by atoms with van der Waals surface area (Å²) in [6.07, 6.45) is 0.956. The Morgan fingerprint density at radius 1 is 0.897 bits per heavy atom. The summed E-state index contributed by atoms with van der Waals surface area (Å²) >= 11 is 0. The Kier molecular flexibility index (Phi) is 6.63. The van der Waals surface area contributed by atoms with Crippen LogP contribution in [0.5, 0.6) is 11.5 Å². The molecule has 3 rings (SSSR count). The minimum absolute atomic E-state index is 0.251. The fraction of sp³-hybridized carbons (Fsp3) is 0.227. The van der Waals surface area contributed by atoms with E-state index in [1.54, 1.807) is 26.4 Å². The number of anilines is 2. The maximum absolute atomic E-state index is 12.3. The molecule has 0 spiro atoms. The minimum atomic E-state index is -0.298. The molecule has 7 heteroatoms. The second-order valence-corrected chi connectivity index (χ2v) is 6.35. The van der Waals surface area contributed by atoms with Gasteiger partial charge in [0.15, 0.2) is 17.2 Å². The van der Waals surface area contributed by atoms with Gasteiger partial charge in [0.1, 0.15) is 5.82 Å². The molecule has 1 heterocycles. The van der Waals surface area contributed by atoms with Crippen LogP contribution in [0.2, 0.25) is 0 Å². The fourth-order valence-electron chi connectivity index (χ4n) is 2.75. The van der Waals surface area contributed by atoms with E-state index in [1.807, 2.05) is 42.5 Å². The van der Waals surface area contributed by atoms with Gasteiger partial charge in [-0.15, -0.1) is 10.2 Å². The van der Waals surface area contributed by atoms with E-state index < -0.39 is 0 Å². The molecule has 0 fully saturated rings. The first-order chi connectivity index (χ1) is 14.1. The lowest BCUT2D eigenvalue weighted by molar-refractivity contribution is 0.102. The monoisotopic (exact) mass is 392 g/mol. The number of nitrogens with one attached hydrogen (secondary N) is 2. The Morgan fingerprint density at radius 3 is 2.24 bits per heavy atom. The summed E-state index contributed by atoms with van der Waals surface area (Å²) < 4.78 is 10.5. The van der Waals surface area contributed by atoms with Crippen LogP contribution in [-0.2, 0) is 13.0 Å². The van der Waals surface area contributed by atoms with Crippen molar-refractivity contribution in [3.05, 3.63) is 71.4 Å². The molecule has 0 radical (unpaired) electrons. The highest BCUT2D eigenvalue weighted by Gasteiger charge is 2.09. The van der Waals surface area contributed by atoms with Crippen LogP contribution in [0.3, 0.4) is 0 Å². The van der Waals surface area contributed by atoms with Crippen molar-refractivity contribution in [2.75, 3.05) is 24.9 Å². The van der Waals surface area contributed by atoms with Gasteiger partial charge in [0.2, 0.25) is 0 Å². The van der Waals surface area contributed by atoms with Crippen molar-refractivity contribution >= 4 is 17.4 Å². The van der Waals surface area contributed by atoms with Crippen LogP contribution in [0.1, 0.15) is 28.5 Å². The zero-order valence-electron chi connectivity index (χ0n) is 16.7. The van der Waals surface area contributed by atoms with Crippen molar-refractivity contribution in [2.24, 2.45) is 0 Å². The maximum Gasteiger partial charge on any atom is 0.276 e. The number of hydrogen-bond acceptors (Lipinski definition) is 6. The molecule has 1 aromatic heterocycles. The highest BCUT2D eigenvalue weighted by Crippen LogP contribution is 2.27. The second kappa shape index (κ2) is 9.54. The number of aromatic nitrogens is 2. The third-order valence-corrected chi connectivity index (χ3v) is 4.44. The zero-order valence-corrected chi connectivity index (χ0v) is 16.7. The van der Waals surface area contributed by atoms with E-state index in [0.717, 1.165) is 17.7 Å². The average molecular weight is 392 g/mol. The van der Waals surface area contributed by atoms with Crippen LogP contribution in [0.15, 0.2) is 54.6 Å². The molecular formula is C22H24N4O3. The third-order valence-electron chi connectivity index (χ3n) is 4.44. The lowest BCUT2D eigenvalue weighted by atomic mass is 10.1. The summed E-state index contributed by atoms with van der Waals surface area (Å²) in [4.78, 5) is 12.3. The van der Waals surface area contributed by atoms with Gasteiger partial charge in [0.25, 0.3) is 5.91 Å². The smallest absolute Gasteiger partial charge is 0.276 e. The normalized spacial score (nSPS) is 10.3. The SMILES string of the molecule is CCc1ccc(NC(=O)c2ccc(NCc3ccc(OC)c(OC)c3)nn2)cc1. The quantitative estimate of drug-likeness (QED) is 0.604. The molecular weight excluding hydrogens is 368 g/mol. The fourth-order valence-corrected chi connectivity index (χ4v) is 2.75. The van der Waals surface area contributed by atoms with Crippen LogP contribution in [0.25, 0.3) is 0 Å². The number of amides is 1. The Bertz CT molecular complexity index is 957. The zero-order chi connectivity index (χ0) is 20.6. The third kappa shape index (κ3) is 5.22.